The van der Waals surface area contributed by atoms with Crippen molar-refractivity contribution < 1.29 is 0 Å². The van der Waals surface area contributed by atoms with Crippen LogP contribution in [0.15, 0.2) is 0 Å². The number of nitrogens with one attached hydrogen (secondary N) is 2. The third-order valence-electron chi connectivity index (χ3n) is 0.479. The summed E-state index contributed by atoms with van der Waals surface area (Å²) in [7, 11) is 0. The fourth-order valence-corrected chi connectivity index (χ4v) is 0.252. The van der Waals surface area contributed by atoms with Crippen LogP contribution in [-0.4, -0.2) is 0 Å². The molecular weight excluding hydrogens is 76.1 g/mol. The van der Waals surface area contributed by atoms with Crippen LogP contribution in [0.25, 0.3) is 0 Å². The van der Waals surface area contributed by atoms with Gasteiger partial charge in [0.2, 0.25) is 0 Å². The van der Waals surface area contributed by atoms with Crippen LogP contribution in [0.2, 0.25) is 0 Å². The second kappa shape index (κ2) is 2.16. The van der Waals surface area contributed by atoms with E-state index in [4.69, 9.17) is 0 Å². The van der Waals surface area contributed by atoms with Crippen LogP contribution in [0.1, 0.15) is 6.42 Å². The first-order valence-corrected chi connectivity index (χ1v) is 1.71. The molecule has 6 heavy (non-hydrogen) atoms. The molecule has 1 rings (SSSR count). The largest absolute Gasteiger partial charge is 0.284 e. The van der Waals surface area contributed by atoms with Crippen LogP contribution in [0, 0.1) is 19.8 Å². The van der Waals surface area contributed by atoms with Crippen molar-refractivity contribution in [2.24, 2.45) is 0 Å². The summed E-state index contributed by atoms with van der Waals surface area (Å²) in [6.07, 6.45) is 0.715. The Bertz CT molecular complexity index is 21.0. The van der Waals surface area contributed by atoms with E-state index in [1.54, 1.807) is 0 Å². The van der Waals surface area contributed by atoms with E-state index >= 15 is 0 Å². The molecule has 0 aromatic heterocycles. The van der Waals surface area contributed by atoms with Gasteiger partial charge in [0.25, 0.3) is 0 Å². The number of hydrogen-bond donors (Lipinski definition) is 2. The minimum absolute atomic E-state index is 0.715. The molecule has 2 heteroatoms. The molecule has 1 heterocycles. The van der Waals surface area contributed by atoms with E-state index < -0.39 is 0 Å². The fourth-order valence-electron chi connectivity index (χ4n) is 0.252. The van der Waals surface area contributed by atoms with Crippen LogP contribution in [0.4, 0.5) is 0 Å². The van der Waals surface area contributed by atoms with Crippen LogP contribution in [0.3, 0.4) is 0 Å². The molecule has 0 saturated carbocycles. The molecule has 0 unspecified atom stereocenters. The average Bonchev–Trinajstić information content (AvgIpc) is 1.72. The molecule has 2 N–H and O–H groups in total. The van der Waals surface area contributed by atoms with Crippen molar-refractivity contribution in [3.05, 3.63) is 19.8 Å². The normalized spacial score (nSPS) is 24.0. The fraction of sp³-hybridized carbons (Fsp3) is 0.250. The Morgan fingerprint density at radius 1 is 1.17 bits per heavy atom. The number of hydrogen-bond acceptors (Lipinski definition) is 2. The summed E-state index contributed by atoms with van der Waals surface area (Å²) in [4.78, 5) is 0. The summed E-state index contributed by atoms with van der Waals surface area (Å²) in [5.74, 6) is 0. The van der Waals surface area contributed by atoms with Gasteiger partial charge in [0.1, 0.15) is 6.67 Å². The quantitative estimate of drug-likeness (QED) is 0.415. The van der Waals surface area contributed by atoms with E-state index in [0.29, 0.717) is 6.42 Å². The molecule has 0 bridgehead atoms. The van der Waals surface area contributed by atoms with Gasteiger partial charge in [-0.2, -0.15) is 0 Å². The van der Waals surface area contributed by atoms with Crippen molar-refractivity contribution in [2.75, 3.05) is 0 Å². The van der Waals surface area contributed by atoms with Crippen molar-refractivity contribution in [3.63, 3.8) is 0 Å². The first-order valence-electron chi connectivity index (χ1n) is 1.71. The summed E-state index contributed by atoms with van der Waals surface area (Å²) >= 11 is 0. The highest BCUT2D eigenvalue weighted by atomic mass is 15.1. The first-order chi connectivity index (χ1) is 3.00. The van der Waals surface area contributed by atoms with E-state index in [1.807, 2.05) is 0 Å². The topological polar surface area (TPSA) is 24.1 Å². The summed E-state index contributed by atoms with van der Waals surface area (Å²) in [5.41, 5.74) is 0. The molecule has 1 aliphatic rings. The Labute approximate surface area is 37.9 Å². The second-order valence-electron chi connectivity index (χ2n) is 0.905. The van der Waals surface area contributed by atoms with E-state index in [9.17, 15) is 0 Å². The van der Waals surface area contributed by atoms with Gasteiger partial charge in [-0.05, 0) is 6.42 Å². The van der Waals surface area contributed by atoms with E-state index in [1.165, 1.54) is 0 Å². The van der Waals surface area contributed by atoms with E-state index in [0.717, 1.165) is 0 Å². The highest BCUT2D eigenvalue weighted by Crippen LogP contribution is 1.90. The maximum Gasteiger partial charge on any atom is 0.141 e. The molecule has 1 saturated heterocycles. The number of rotatable bonds is 0. The predicted octanol–water partition coefficient (Wildman–Crippen LogP) is -0.357. The zero-order valence-electron chi connectivity index (χ0n) is 3.21. The Hall–Kier alpha value is -0.0800. The summed E-state index contributed by atoms with van der Waals surface area (Å²) in [5, 5.41) is 5.22. The second-order valence-corrected chi connectivity index (χ2v) is 0.905. The minimum atomic E-state index is 0.715. The van der Waals surface area contributed by atoms with Crippen LogP contribution >= 0.6 is 0 Å². The predicted molar refractivity (Wildman–Crippen MR) is 20.6 cm³/mol. The van der Waals surface area contributed by atoms with Crippen molar-refractivity contribution in [1.82, 2.24) is 10.6 Å². The van der Waals surface area contributed by atoms with Gasteiger partial charge in [0.15, 0.2) is 0 Å². The van der Waals surface area contributed by atoms with Gasteiger partial charge in [-0.15, -0.1) is 0 Å². The van der Waals surface area contributed by atoms with E-state index in [2.05, 4.69) is 30.4 Å². The summed E-state index contributed by atoms with van der Waals surface area (Å²) < 4.78 is 0. The lowest BCUT2D eigenvalue weighted by molar-refractivity contribution is 0.696. The van der Waals surface area contributed by atoms with Gasteiger partial charge in [0, 0.05) is 0 Å². The van der Waals surface area contributed by atoms with E-state index in [-0.39, 0.29) is 0 Å². The Kier molecular flexibility index (Phi) is 1.47. The first kappa shape index (κ1) is 4.09. The Balaban J connectivity index is 2.00. The smallest absolute Gasteiger partial charge is 0.141 e. The van der Waals surface area contributed by atoms with Gasteiger partial charge in [-0.25, -0.2) is 0 Å². The molecular formula is C4H4N2. The maximum atomic E-state index is 2.75. The molecule has 0 amide bonds. The minimum Gasteiger partial charge on any atom is -0.284 e. The lowest BCUT2D eigenvalue weighted by Crippen LogP contribution is -2.24. The lowest BCUT2D eigenvalue weighted by atomic mass is 10.4. The van der Waals surface area contributed by atoms with Gasteiger partial charge in [0.05, 0.1) is 13.1 Å². The molecule has 30 valence electrons. The average molecular weight is 80.1 g/mol. The van der Waals surface area contributed by atoms with Crippen LogP contribution in [0.5, 0.6) is 0 Å². The third-order valence-corrected chi connectivity index (χ3v) is 0.479. The van der Waals surface area contributed by atoms with Gasteiger partial charge < -0.3 is 0 Å². The van der Waals surface area contributed by atoms with Crippen molar-refractivity contribution in [3.8, 4) is 0 Å². The molecule has 2 nitrogen and oxygen atoms in total. The van der Waals surface area contributed by atoms with Crippen molar-refractivity contribution >= 4 is 0 Å². The summed E-state index contributed by atoms with van der Waals surface area (Å²) in [6.45, 7) is 8.06. The summed E-state index contributed by atoms with van der Waals surface area (Å²) in [6, 6.07) is 0. The maximum absolute atomic E-state index is 2.75. The van der Waals surface area contributed by atoms with Crippen LogP contribution < -0.4 is 10.6 Å². The van der Waals surface area contributed by atoms with Crippen molar-refractivity contribution in [2.45, 2.75) is 6.42 Å². The molecule has 0 aromatic rings. The zero-order chi connectivity index (χ0) is 4.24. The molecule has 0 atom stereocenters. The van der Waals surface area contributed by atoms with Crippen molar-refractivity contribution in [1.29, 1.82) is 0 Å². The Morgan fingerprint density at radius 2 is 1.83 bits per heavy atom. The Morgan fingerprint density at radius 3 is 2.00 bits per heavy atom. The van der Waals surface area contributed by atoms with Crippen LogP contribution in [-0.2, 0) is 0 Å². The lowest BCUT2D eigenvalue weighted by Gasteiger charge is -2.06. The standard InChI is InChI=1S/C4H4N2/c1-2-5-4-6-3-1/h5-6H,1H2. The monoisotopic (exact) mass is 80.0 g/mol. The third kappa shape index (κ3) is 0.954. The molecule has 0 spiro atoms. The van der Waals surface area contributed by atoms with Gasteiger partial charge in [-0.1, -0.05) is 0 Å². The molecule has 0 aromatic carbocycles. The highest BCUT2D eigenvalue weighted by molar-refractivity contribution is 4.83. The molecule has 6 radical (unpaired) electrons. The zero-order valence-corrected chi connectivity index (χ0v) is 3.21. The van der Waals surface area contributed by atoms with Gasteiger partial charge in [-0.3, -0.25) is 10.6 Å². The molecule has 1 fully saturated rings. The molecule has 0 aliphatic carbocycles. The highest BCUT2D eigenvalue weighted by Gasteiger charge is 1.96. The van der Waals surface area contributed by atoms with Gasteiger partial charge >= 0.3 is 0 Å². The molecule has 1 aliphatic heterocycles. The SMILES string of the molecule is [C]1C[C]N[C]N1.